The number of anilines is 1. The van der Waals surface area contributed by atoms with Crippen molar-refractivity contribution in [3.05, 3.63) is 39.5 Å². The molecule has 0 amide bonds. The number of nitrogens with two attached hydrogens (primary N) is 1. The van der Waals surface area contributed by atoms with Crippen LogP contribution in [0.1, 0.15) is 0 Å². The zero-order valence-electron chi connectivity index (χ0n) is 10.6. The molecule has 20 heavy (non-hydrogen) atoms. The Morgan fingerprint density at radius 2 is 2.15 bits per heavy atom. The number of hydrogen-bond acceptors (Lipinski definition) is 5. The Bertz CT molecular complexity index is 751. The number of para-hydroxylation sites is 1. The van der Waals surface area contributed by atoms with Crippen molar-refractivity contribution in [2.75, 3.05) is 12.8 Å². The van der Waals surface area contributed by atoms with Gasteiger partial charge in [-0.2, -0.15) is 0 Å². The van der Waals surface area contributed by atoms with Crippen LogP contribution in [0, 0.1) is 0 Å². The van der Waals surface area contributed by atoms with Crippen molar-refractivity contribution in [3.8, 4) is 28.2 Å². The minimum Gasteiger partial charge on any atom is -0.496 e. The monoisotopic (exact) mass is 350 g/mol. The number of hydrogen-bond donors (Lipinski definition) is 1. The average Bonchev–Trinajstić information content (AvgIpc) is 3.04. The highest BCUT2D eigenvalue weighted by Crippen LogP contribution is 2.42. The van der Waals surface area contributed by atoms with Gasteiger partial charge in [-0.05, 0) is 28.1 Å². The fourth-order valence-electron chi connectivity index (χ4n) is 2.04. The van der Waals surface area contributed by atoms with Crippen LogP contribution in [0.15, 0.2) is 44.0 Å². The summed E-state index contributed by atoms with van der Waals surface area (Å²) in [4.78, 5) is 0. The third kappa shape index (κ3) is 2.21. The Labute approximate surface area is 128 Å². The molecule has 0 spiro atoms. The number of benzene rings is 1. The molecule has 4 nitrogen and oxygen atoms in total. The summed E-state index contributed by atoms with van der Waals surface area (Å²) in [7, 11) is 1.63. The molecule has 6 heteroatoms. The lowest BCUT2D eigenvalue weighted by molar-refractivity contribution is 0.416. The number of rotatable bonds is 3. The molecule has 0 aliphatic rings. The first-order valence-corrected chi connectivity index (χ1v) is 7.51. The molecule has 0 unspecified atom stereocenters. The van der Waals surface area contributed by atoms with E-state index in [1.807, 2.05) is 35.7 Å². The quantitative estimate of drug-likeness (QED) is 0.759. The molecule has 3 rings (SSSR count). The fourth-order valence-corrected chi connectivity index (χ4v) is 3.18. The number of nitrogens with zero attached hydrogens (tertiary/aromatic N) is 1. The number of methoxy groups -OCH3 is 1. The van der Waals surface area contributed by atoms with Gasteiger partial charge in [0.2, 0.25) is 0 Å². The fraction of sp³-hybridized carbons (Fsp3) is 0.0714. The van der Waals surface area contributed by atoms with Crippen molar-refractivity contribution in [2.24, 2.45) is 0 Å². The van der Waals surface area contributed by atoms with Gasteiger partial charge >= 0.3 is 0 Å². The Morgan fingerprint density at radius 1 is 1.35 bits per heavy atom. The van der Waals surface area contributed by atoms with Gasteiger partial charge in [0.25, 0.3) is 0 Å². The first-order chi connectivity index (χ1) is 9.70. The normalized spacial score (nSPS) is 10.7. The van der Waals surface area contributed by atoms with Crippen molar-refractivity contribution in [2.45, 2.75) is 0 Å². The van der Waals surface area contributed by atoms with E-state index in [4.69, 9.17) is 15.0 Å². The van der Waals surface area contributed by atoms with E-state index in [-0.39, 0.29) is 0 Å². The second kappa shape index (κ2) is 5.30. The van der Waals surface area contributed by atoms with Gasteiger partial charge in [0, 0.05) is 16.5 Å². The molecular weight excluding hydrogens is 340 g/mol. The maximum atomic E-state index is 5.97. The molecule has 0 fully saturated rings. The van der Waals surface area contributed by atoms with Gasteiger partial charge in [0.15, 0.2) is 11.6 Å². The van der Waals surface area contributed by atoms with E-state index < -0.39 is 0 Å². The third-order valence-electron chi connectivity index (χ3n) is 2.92. The second-order valence-corrected chi connectivity index (χ2v) is 6.40. The number of thiophene rings is 1. The first-order valence-electron chi connectivity index (χ1n) is 5.83. The Kier molecular flexibility index (Phi) is 3.50. The standard InChI is InChI=1S/C14H11BrN2O2S/c1-18-10-5-3-2-4-9(10)12-13(19-17-14(12)16)8-6-11(15)20-7-8/h2-7H,1H3,(H2,16,17). The van der Waals surface area contributed by atoms with Crippen molar-refractivity contribution in [3.63, 3.8) is 0 Å². The molecule has 0 radical (unpaired) electrons. The van der Waals surface area contributed by atoms with Crippen LogP contribution >= 0.6 is 27.3 Å². The highest BCUT2D eigenvalue weighted by atomic mass is 79.9. The lowest BCUT2D eigenvalue weighted by Gasteiger charge is -2.07. The molecule has 0 atom stereocenters. The van der Waals surface area contributed by atoms with E-state index in [2.05, 4.69) is 21.1 Å². The van der Waals surface area contributed by atoms with E-state index in [0.29, 0.717) is 11.6 Å². The number of ether oxygens (including phenoxy) is 1. The second-order valence-electron chi connectivity index (χ2n) is 4.11. The summed E-state index contributed by atoms with van der Waals surface area (Å²) in [5.41, 5.74) is 8.53. The van der Waals surface area contributed by atoms with E-state index >= 15 is 0 Å². The Morgan fingerprint density at radius 3 is 2.85 bits per heavy atom. The predicted octanol–water partition coefficient (Wildman–Crippen LogP) is 4.42. The summed E-state index contributed by atoms with van der Waals surface area (Å²) in [6.07, 6.45) is 0. The van der Waals surface area contributed by atoms with Gasteiger partial charge in [0.05, 0.1) is 16.5 Å². The minimum absolute atomic E-state index is 0.354. The van der Waals surface area contributed by atoms with Gasteiger partial charge in [-0.15, -0.1) is 11.3 Å². The van der Waals surface area contributed by atoms with E-state index in [9.17, 15) is 0 Å². The topological polar surface area (TPSA) is 61.3 Å². The number of nitrogen functional groups attached to an aromatic ring is 1. The van der Waals surface area contributed by atoms with E-state index in [0.717, 1.165) is 26.2 Å². The van der Waals surface area contributed by atoms with Crippen molar-refractivity contribution in [1.82, 2.24) is 5.16 Å². The van der Waals surface area contributed by atoms with Gasteiger partial charge < -0.3 is 15.0 Å². The molecule has 1 aromatic carbocycles. The number of halogens is 1. The minimum atomic E-state index is 0.354. The lowest BCUT2D eigenvalue weighted by Crippen LogP contribution is -1.92. The lowest BCUT2D eigenvalue weighted by atomic mass is 10.0. The molecule has 0 saturated heterocycles. The highest BCUT2D eigenvalue weighted by molar-refractivity contribution is 9.11. The van der Waals surface area contributed by atoms with Crippen molar-refractivity contribution in [1.29, 1.82) is 0 Å². The summed E-state index contributed by atoms with van der Waals surface area (Å²) >= 11 is 5.02. The SMILES string of the molecule is COc1ccccc1-c1c(N)noc1-c1csc(Br)c1. The zero-order valence-corrected chi connectivity index (χ0v) is 13.0. The summed E-state index contributed by atoms with van der Waals surface area (Å²) in [6.45, 7) is 0. The smallest absolute Gasteiger partial charge is 0.177 e. The Balaban J connectivity index is 2.21. The van der Waals surface area contributed by atoms with Crippen LogP contribution in [0.2, 0.25) is 0 Å². The van der Waals surface area contributed by atoms with Gasteiger partial charge in [-0.25, -0.2) is 0 Å². The van der Waals surface area contributed by atoms with Gasteiger partial charge in [0.1, 0.15) is 5.75 Å². The molecule has 102 valence electrons. The first kappa shape index (κ1) is 13.2. The molecule has 0 aliphatic heterocycles. The summed E-state index contributed by atoms with van der Waals surface area (Å²) < 4.78 is 11.8. The number of aromatic nitrogens is 1. The van der Waals surface area contributed by atoms with Crippen LogP contribution in [-0.4, -0.2) is 12.3 Å². The maximum absolute atomic E-state index is 5.97. The molecule has 0 saturated carbocycles. The van der Waals surface area contributed by atoms with Gasteiger partial charge in [-0.3, -0.25) is 0 Å². The van der Waals surface area contributed by atoms with Crippen molar-refractivity contribution >= 4 is 33.1 Å². The summed E-state index contributed by atoms with van der Waals surface area (Å²) in [6, 6.07) is 9.63. The molecule has 0 bridgehead atoms. The molecule has 2 aromatic heterocycles. The molecule has 2 heterocycles. The molecule has 0 aliphatic carbocycles. The van der Waals surface area contributed by atoms with Crippen LogP contribution in [-0.2, 0) is 0 Å². The third-order valence-corrected chi connectivity index (χ3v) is 4.43. The van der Waals surface area contributed by atoms with Crippen LogP contribution in [0.5, 0.6) is 5.75 Å². The molecule has 2 N–H and O–H groups in total. The molecule has 3 aromatic rings. The summed E-state index contributed by atoms with van der Waals surface area (Å²) in [5, 5.41) is 5.88. The molecular formula is C14H11BrN2O2S. The Hall–Kier alpha value is -1.79. The van der Waals surface area contributed by atoms with Crippen LogP contribution in [0.3, 0.4) is 0 Å². The predicted molar refractivity (Wildman–Crippen MR) is 83.9 cm³/mol. The van der Waals surface area contributed by atoms with Crippen LogP contribution < -0.4 is 10.5 Å². The van der Waals surface area contributed by atoms with E-state index in [1.54, 1.807) is 18.4 Å². The largest absolute Gasteiger partial charge is 0.496 e. The maximum Gasteiger partial charge on any atom is 0.177 e. The van der Waals surface area contributed by atoms with Crippen LogP contribution in [0.4, 0.5) is 5.82 Å². The van der Waals surface area contributed by atoms with E-state index in [1.165, 1.54) is 0 Å². The zero-order chi connectivity index (χ0) is 14.1. The van der Waals surface area contributed by atoms with Gasteiger partial charge in [-0.1, -0.05) is 23.4 Å². The van der Waals surface area contributed by atoms with Crippen molar-refractivity contribution < 1.29 is 9.26 Å². The highest BCUT2D eigenvalue weighted by Gasteiger charge is 2.21. The summed E-state index contributed by atoms with van der Waals surface area (Å²) in [5.74, 6) is 1.73. The van der Waals surface area contributed by atoms with Crippen LogP contribution in [0.25, 0.3) is 22.5 Å². The average molecular weight is 351 g/mol.